The van der Waals surface area contributed by atoms with Gasteiger partial charge < -0.3 is 10.1 Å². The predicted molar refractivity (Wildman–Crippen MR) is 107 cm³/mol. The Morgan fingerprint density at radius 1 is 1.14 bits per heavy atom. The number of likely N-dealkylation sites (tertiary alicyclic amines) is 1. The molecular formula is C18H24ClN3O5S. The Kier molecular flexibility index (Phi) is 7.56. The monoisotopic (exact) mass is 429 g/mol. The molecule has 154 valence electrons. The summed E-state index contributed by atoms with van der Waals surface area (Å²) >= 11 is 1.36. The molecular weight excluding hydrogens is 406 g/mol. The molecule has 2 aliphatic heterocycles. The van der Waals surface area contributed by atoms with Crippen LogP contribution in [-0.4, -0.2) is 59.7 Å². The van der Waals surface area contributed by atoms with Crippen molar-refractivity contribution in [2.45, 2.75) is 39.7 Å². The number of imide groups is 1. The molecule has 0 radical (unpaired) electrons. The van der Waals surface area contributed by atoms with Gasteiger partial charge in [0, 0.05) is 30.8 Å². The minimum absolute atomic E-state index is 0. The summed E-state index contributed by atoms with van der Waals surface area (Å²) < 4.78 is 5.18. The Bertz CT molecular complexity index is 778. The van der Waals surface area contributed by atoms with Crippen LogP contribution < -0.4 is 5.32 Å². The van der Waals surface area contributed by atoms with Gasteiger partial charge in [-0.2, -0.15) is 0 Å². The van der Waals surface area contributed by atoms with Crippen LogP contribution in [0.15, 0.2) is 0 Å². The zero-order valence-corrected chi connectivity index (χ0v) is 17.5. The van der Waals surface area contributed by atoms with E-state index in [1.165, 1.54) is 11.3 Å². The molecule has 0 aromatic carbocycles. The second kappa shape index (κ2) is 9.49. The topological polar surface area (TPSA) is 96.0 Å². The highest BCUT2D eigenvalue weighted by Crippen LogP contribution is 2.37. The molecule has 1 fully saturated rings. The van der Waals surface area contributed by atoms with Gasteiger partial charge in [0.15, 0.2) is 0 Å². The summed E-state index contributed by atoms with van der Waals surface area (Å²) in [5, 5.41) is 3.15. The van der Waals surface area contributed by atoms with Crippen molar-refractivity contribution in [1.82, 2.24) is 9.80 Å². The van der Waals surface area contributed by atoms with Crippen molar-refractivity contribution in [2.75, 3.05) is 31.6 Å². The lowest BCUT2D eigenvalue weighted by atomic mass is 10.0. The van der Waals surface area contributed by atoms with Crippen LogP contribution in [0, 0.1) is 0 Å². The van der Waals surface area contributed by atoms with E-state index in [0.29, 0.717) is 17.0 Å². The van der Waals surface area contributed by atoms with E-state index in [0.717, 1.165) is 35.0 Å². The van der Waals surface area contributed by atoms with Crippen molar-refractivity contribution >= 4 is 52.4 Å². The van der Waals surface area contributed by atoms with Crippen LogP contribution in [0.1, 0.15) is 47.5 Å². The first-order valence-corrected chi connectivity index (χ1v) is 9.93. The van der Waals surface area contributed by atoms with E-state index in [2.05, 4.69) is 17.1 Å². The minimum Gasteiger partial charge on any atom is -0.462 e. The molecule has 10 heteroatoms. The molecule has 0 aliphatic carbocycles. The molecule has 0 bridgehead atoms. The number of anilines is 1. The van der Waals surface area contributed by atoms with Gasteiger partial charge in [0.2, 0.25) is 17.7 Å². The van der Waals surface area contributed by atoms with Crippen molar-refractivity contribution in [3.63, 3.8) is 0 Å². The third kappa shape index (κ3) is 4.53. The van der Waals surface area contributed by atoms with Gasteiger partial charge in [-0.05, 0) is 25.5 Å². The van der Waals surface area contributed by atoms with E-state index in [9.17, 15) is 19.2 Å². The molecule has 0 unspecified atom stereocenters. The third-order valence-electron chi connectivity index (χ3n) is 4.77. The molecule has 1 aromatic rings. The fourth-order valence-corrected chi connectivity index (χ4v) is 4.64. The normalized spacial score (nSPS) is 16.6. The summed E-state index contributed by atoms with van der Waals surface area (Å²) in [6.45, 7) is 6.21. The maximum atomic E-state index is 12.5. The summed E-state index contributed by atoms with van der Waals surface area (Å²) in [5.74, 6) is -1.63. The zero-order chi connectivity index (χ0) is 19.6. The van der Waals surface area contributed by atoms with Crippen LogP contribution in [-0.2, 0) is 32.1 Å². The predicted octanol–water partition coefficient (Wildman–Crippen LogP) is 1.81. The van der Waals surface area contributed by atoms with Crippen molar-refractivity contribution in [1.29, 1.82) is 0 Å². The van der Waals surface area contributed by atoms with Crippen molar-refractivity contribution in [2.24, 2.45) is 0 Å². The second-order valence-corrected chi connectivity index (χ2v) is 7.57. The molecule has 0 saturated carbocycles. The summed E-state index contributed by atoms with van der Waals surface area (Å²) in [6.07, 6.45) is 0.994. The van der Waals surface area contributed by atoms with Crippen molar-refractivity contribution in [3.8, 4) is 0 Å². The number of fused-ring (bicyclic) bond motifs is 1. The van der Waals surface area contributed by atoms with Gasteiger partial charge in [-0.3, -0.25) is 24.2 Å². The van der Waals surface area contributed by atoms with Crippen LogP contribution >= 0.6 is 23.7 Å². The Hall–Kier alpha value is -1.97. The van der Waals surface area contributed by atoms with Gasteiger partial charge >= 0.3 is 5.97 Å². The molecule has 3 rings (SSSR count). The first kappa shape index (κ1) is 22.3. The average molecular weight is 430 g/mol. The van der Waals surface area contributed by atoms with E-state index < -0.39 is 11.9 Å². The fourth-order valence-electron chi connectivity index (χ4n) is 3.34. The molecule has 3 heterocycles. The fraction of sp³-hybridized carbons (Fsp3) is 0.556. The zero-order valence-electron chi connectivity index (χ0n) is 15.9. The maximum absolute atomic E-state index is 12.5. The first-order chi connectivity index (χ1) is 12.9. The van der Waals surface area contributed by atoms with Crippen LogP contribution in [0.4, 0.5) is 5.00 Å². The lowest BCUT2D eigenvalue weighted by Gasteiger charge is -2.25. The quantitative estimate of drug-likeness (QED) is 0.547. The number of halogens is 1. The van der Waals surface area contributed by atoms with Gasteiger partial charge in [0.25, 0.3) is 0 Å². The molecule has 2 aliphatic rings. The molecule has 1 saturated heterocycles. The van der Waals surface area contributed by atoms with E-state index >= 15 is 0 Å². The SMILES string of the molecule is CCOC(=O)c1c(NC(=O)CN2C(=O)CCC2=O)sc2c1CCN(CC)C2.Cl. The number of rotatable bonds is 6. The molecule has 3 amide bonds. The minimum atomic E-state index is -0.491. The Balaban J connectivity index is 0.00000280. The highest BCUT2D eigenvalue weighted by molar-refractivity contribution is 7.17. The maximum Gasteiger partial charge on any atom is 0.341 e. The highest BCUT2D eigenvalue weighted by Gasteiger charge is 2.32. The number of nitrogens with one attached hydrogen (secondary N) is 1. The number of likely N-dealkylation sites (N-methyl/N-ethyl adjacent to an activating group) is 1. The van der Waals surface area contributed by atoms with E-state index in [4.69, 9.17) is 4.74 Å². The number of nitrogens with zero attached hydrogens (tertiary/aromatic N) is 2. The molecule has 28 heavy (non-hydrogen) atoms. The van der Waals surface area contributed by atoms with Gasteiger partial charge in [-0.25, -0.2) is 4.79 Å². The van der Waals surface area contributed by atoms with Crippen molar-refractivity contribution in [3.05, 3.63) is 16.0 Å². The highest BCUT2D eigenvalue weighted by atomic mass is 35.5. The van der Waals surface area contributed by atoms with Gasteiger partial charge in [0.1, 0.15) is 11.5 Å². The smallest absolute Gasteiger partial charge is 0.341 e. The number of hydrogen-bond donors (Lipinski definition) is 1. The summed E-state index contributed by atoms with van der Waals surface area (Å²) in [5.41, 5.74) is 1.33. The van der Waals surface area contributed by atoms with E-state index in [1.807, 2.05) is 0 Å². The lowest BCUT2D eigenvalue weighted by Crippen LogP contribution is -2.37. The standard InChI is InChI=1S/C18H23N3O5S.ClH/c1-3-20-8-7-11-12(9-20)27-17(16(11)18(25)26-4-2)19-13(22)10-21-14(23)5-6-15(21)24;/h3-10H2,1-2H3,(H,19,22);1H. The molecule has 1 N–H and O–H groups in total. The van der Waals surface area contributed by atoms with Crippen LogP contribution in [0.5, 0.6) is 0 Å². The summed E-state index contributed by atoms with van der Waals surface area (Å²) in [6, 6.07) is 0. The molecule has 8 nitrogen and oxygen atoms in total. The summed E-state index contributed by atoms with van der Waals surface area (Å²) in [7, 11) is 0. The number of amides is 3. The number of hydrogen-bond acceptors (Lipinski definition) is 7. The second-order valence-electron chi connectivity index (χ2n) is 6.47. The van der Waals surface area contributed by atoms with Gasteiger partial charge in [-0.15, -0.1) is 23.7 Å². The molecule has 0 spiro atoms. The lowest BCUT2D eigenvalue weighted by molar-refractivity contribution is -0.141. The number of thiophene rings is 1. The van der Waals surface area contributed by atoms with Crippen LogP contribution in [0.3, 0.4) is 0 Å². The average Bonchev–Trinajstić information content (AvgIpc) is 3.15. The first-order valence-electron chi connectivity index (χ1n) is 9.11. The van der Waals surface area contributed by atoms with E-state index in [1.54, 1.807) is 6.92 Å². The third-order valence-corrected chi connectivity index (χ3v) is 5.90. The molecule has 0 atom stereocenters. The number of esters is 1. The molecule has 1 aromatic heterocycles. The van der Waals surface area contributed by atoms with Gasteiger partial charge in [-0.1, -0.05) is 6.92 Å². The van der Waals surface area contributed by atoms with Crippen molar-refractivity contribution < 1.29 is 23.9 Å². The van der Waals surface area contributed by atoms with Gasteiger partial charge in [0.05, 0.1) is 12.2 Å². The van der Waals surface area contributed by atoms with Crippen LogP contribution in [0.2, 0.25) is 0 Å². The Morgan fingerprint density at radius 2 is 1.82 bits per heavy atom. The number of carbonyl (C=O) groups is 4. The summed E-state index contributed by atoms with van der Waals surface area (Å²) in [4.78, 5) is 52.6. The van der Waals surface area contributed by atoms with E-state index in [-0.39, 0.29) is 50.2 Å². The number of ether oxygens (including phenoxy) is 1. The largest absolute Gasteiger partial charge is 0.462 e. The van der Waals surface area contributed by atoms with Crippen LogP contribution in [0.25, 0.3) is 0 Å². The Labute approximate surface area is 173 Å². The number of carbonyl (C=O) groups excluding carboxylic acids is 4. The Morgan fingerprint density at radius 3 is 2.43 bits per heavy atom.